The third-order valence-corrected chi connectivity index (χ3v) is 8.53. The van der Waals surface area contributed by atoms with Gasteiger partial charge in [0, 0.05) is 24.2 Å². The van der Waals surface area contributed by atoms with Gasteiger partial charge in [0.15, 0.2) is 12.6 Å². The van der Waals surface area contributed by atoms with E-state index in [4.69, 9.17) is 28.0 Å². The molecule has 0 amide bonds. The zero-order chi connectivity index (χ0) is 28.2. The summed E-state index contributed by atoms with van der Waals surface area (Å²) in [6, 6.07) is 8.90. The molecule has 2 aliphatic rings. The van der Waals surface area contributed by atoms with Crippen LogP contribution in [0.3, 0.4) is 0 Å². The second-order valence-corrected chi connectivity index (χ2v) is 11.7. The Morgan fingerprint density at radius 3 is 2.67 bits per heavy atom. The van der Waals surface area contributed by atoms with Crippen LogP contribution in [-0.2, 0) is 36.3 Å². The number of nitrogens with one attached hydrogen (secondary N) is 1. The molecular weight excluding hydrogens is 525 g/mol. The molecule has 2 heterocycles. The van der Waals surface area contributed by atoms with Gasteiger partial charge in [-0.15, -0.1) is 0 Å². The molecule has 0 aliphatic carbocycles. The first kappa shape index (κ1) is 29.1. The maximum Gasteiger partial charge on any atom is 0.380 e. The van der Waals surface area contributed by atoms with Crippen molar-refractivity contribution in [3.63, 3.8) is 0 Å². The minimum atomic E-state index is -3.55. The van der Waals surface area contributed by atoms with Crippen LogP contribution < -0.4 is 14.6 Å². The summed E-state index contributed by atoms with van der Waals surface area (Å²) in [4.78, 5) is 12.1. The maximum absolute atomic E-state index is 13.6. The van der Waals surface area contributed by atoms with Crippen molar-refractivity contribution >= 4 is 13.6 Å². The molecule has 11 heteroatoms. The van der Waals surface area contributed by atoms with Gasteiger partial charge in [-0.05, 0) is 51.8 Å². The third kappa shape index (κ3) is 6.83. The Bertz CT molecular complexity index is 1260. The van der Waals surface area contributed by atoms with Crippen LogP contribution in [0.1, 0.15) is 47.8 Å². The van der Waals surface area contributed by atoms with Gasteiger partial charge in [-0.25, -0.2) is 9.36 Å². The predicted molar refractivity (Wildman–Crippen MR) is 144 cm³/mol. The zero-order valence-corrected chi connectivity index (χ0v) is 23.8. The number of ether oxygens (including phenoxy) is 4. The third-order valence-electron chi connectivity index (χ3n) is 6.62. The van der Waals surface area contributed by atoms with Crippen molar-refractivity contribution in [2.45, 2.75) is 59.4 Å². The summed E-state index contributed by atoms with van der Waals surface area (Å²) < 4.78 is 46.9. The van der Waals surface area contributed by atoms with Gasteiger partial charge in [0.25, 0.3) is 0 Å². The number of methoxy groups -OCH3 is 1. The smallest absolute Gasteiger partial charge is 0.380 e. The minimum Gasteiger partial charge on any atom is -0.507 e. The molecule has 0 saturated carbocycles. The van der Waals surface area contributed by atoms with E-state index >= 15 is 0 Å². The Kier molecular flexibility index (Phi) is 9.35. The molecule has 4 rings (SSSR count). The van der Waals surface area contributed by atoms with Crippen LogP contribution in [0.2, 0.25) is 0 Å². The number of aromatic hydroxyl groups is 1. The van der Waals surface area contributed by atoms with Gasteiger partial charge in [0.2, 0.25) is 0 Å². The van der Waals surface area contributed by atoms with Crippen LogP contribution in [0.4, 0.5) is 0 Å². The molecule has 0 radical (unpaired) electrons. The quantitative estimate of drug-likeness (QED) is 0.152. The van der Waals surface area contributed by atoms with Crippen molar-refractivity contribution in [3.8, 4) is 17.2 Å². The summed E-state index contributed by atoms with van der Waals surface area (Å²) in [5, 5.41) is 14.1. The fraction of sp³-hybridized carbons (Fsp3) is 0.464. The van der Waals surface area contributed by atoms with Gasteiger partial charge >= 0.3 is 13.6 Å². The zero-order valence-electron chi connectivity index (χ0n) is 22.9. The van der Waals surface area contributed by atoms with Gasteiger partial charge in [0.1, 0.15) is 35.5 Å². The Balaban J connectivity index is 1.36. The second kappa shape index (κ2) is 12.5. The van der Waals surface area contributed by atoms with Gasteiger partial charge in [-0.2, -0.15) is 0 Å². The highest BCUT2D eigenvalue weighted by Gasteiger charge is 2.38. The van der Waals surface area contributed by atoms with E-state index in [1.165, 1.54) is 7.11 Å². The van der Waals surface area contributed by atoms with E-state index in [1.807, 2.05) is 26.0 Å². The van der Waals surface area contributed by atoms with Crippen molar-refractivity contribution in [2.24, 2.45) is 0 Å². The molecule has 2 aliphatic heterocycles. The van der Waals surface area contributed by atoms with Crippen molar-refractivity contribution in [3.05, 3.63) is 64.2 Å². The van der Waals surface area contributed by atoms with Crippen LogP contribution in [-0.4, -0.2) is 56.1 Å². The van der Waals surface area contributed by atoms with Gasteiger partial charge in [-0.3, -0.25) is 4.52 Å². The molecule has 39 heavy (non-hydrogen) atoms. The van der Waals surface area contributed by atoms with Crippen molar-refractivity contribution in [2.75, 3.05) is 26.4 Å². The van der Waals surface area contributed by atoms with E-state index in [0.717, 1.165) is 11.1 Å². The van der Waals surface area contributed by atoms with Gasteiger partial charge in [0.05, 0.1) is 13.3 Å². The number of hydrogen-bond donors (Lipinski definition) is 2. The summed E-state index contributed by atoms with van der Waals surface area (Å²) in [6.45, 7) is 8.30. The van der Waals surface area contributed by atoms with Crippen LogP contribution in [0.5, 0.6) is 17.2 Å². The van der Waals surface area contributed by atoms with Crippen LogP contribution in [0, 0.1) is 6.92 Å². The number of phenolic OH excluding ortho intramolecular Hbond substituents is 1. The number of phenols is 1. The lowest BCUT2D eigenvalue weighted by atomic mass is 9.95. The molecule has 0 spiro atoms. The lowest BCUT2D eigenvalue weighted by molar-refractivity contribution is -0.394. The standard InChI is InChI=1S/C28H36NO9P/c1-17(11-12-22-25(30)24-23(16-34-27(24)31)18(2)26(22)33-5)15-29-13-14-39(32,38-21-9-7-6-8-10-21)37-19(3)28-35-20(4)36-28/h6-11,19-20,28-30H,12-16H2,1-5H3/b17-11+/t19-,20?,28?,39?/m0/s1. The number of allylic oxidation sites excluding steroid dienone is 1. The average Bonchev–Trinajstić information content (AvgIpc) is 3.28. The minimum absolute atomic E-state index is 0.106. The number of hydrogen-bond acceptors (Lipinski definition) is 10. The molecule has 0 aromatic heterocycles. The van der Waals surface area contributed by atoms with Crippen molar-refractivity contribution in [1.29, 1.82) is 0 Å². The maximum atomic E-state index is 13.6. The number of benzene rings is 2. The summed E-state index contributed by atoms with van der Waals surface area (Å²) in [5.41, 5.74) is 3.17. The number of esters is 1. The summed E-state index contributed by atoms with van der Waals surface area (Å²) in [7, 11) is -2.01. The first-order valence-electron chi connectivity index (χ1n) is 12.9. The SMILES string of the molecule is COc1c(C)c2c(c(O)c1C/C=C(\C)CNCCP(=O)(Oc1ccccc1)O[C@@H](C)C1OC(C)O1)C(=O)OC2. The molecule has 0 bridgehead atoms. The summed E-state index contributed by atoms with van der Waals surface area (Å²) in [5.74, 6) is 0.363. The Morgan fingerprint density at radius 1 is 1.28 bits per heavy atom. The molecule has 1 saturated heterocycles. The highest BCUT2D eigenvalue weighted by molar-refractivity contribution is 7.54. The van der Waals surface area contributed by atoms with E-state index in [-0.39, 0.29) is 30.4 Å². The van der Waals surface area contributed by atoms with E-state index in [0.29, 0.717) is 42.1 Å². The second-order valence-electron chi connectivity index (χ2n) is 9.60. The van der Waals surface area contributed by atoms with Crippen LogP contribution in [0.25, 0.3) is 0 Å². The molecule has 1 fully saturated rings. The predicted octanol–water partition coefficient (Wildman–Crippen LogP) is 4.85. The highest BCUT2D eigenvalue weighted by Crippen LogP contribution is 2.50. The van der Waals surface area contributed by atoms with Gasteiger partial charge < -0.3 is 33.9 Å². The fourth-order valence-electron chi connectivity index (χ4n) is 4.55. The number of rotatable bonds is 13. The molecule has 212 valence electrons. The van der Waals surface area contributed by atoms with E-state index in [2.05, 4.69) is 5.32 Å². The molecule has 2 atom stereocenters. The summed E-state index contributed by atoms with van der Waals surface area (Å²) in [6.07, 6.45) is 0.949. The number of cyclic esters (lactones) is 1. The first-order chi connectivity index (χ1) is 18.6. The lowest BCUT2D eigenvalue weighted by Crippen LogP contribution is -2.46. The van der Waals surface area contributed by atoms with E-state index in [9.17, 15) is 14.5 Å². The van der Waals surface area contributed by atoms with Crippen molar-refractivity contribution in [1.82, 2.24) is 5.32 Å². The first-order valence-corrected chi connectivity index (χ1v) is 14.6. The molecule has 10 nitrogen and oxygen atoms in total. The lowest BCUT2D eigenvalue weighted by Gasteiger charge is -2.38. The van der Waals surface area contributed by atoms with Crippen molar-refractivity contribution < 1.29 is 42.5 Å². The topological polar surface area (TPSA) is 122 Å². The molecule has 2 N–H and O–H groups in total. The van der Waals surface area contributed by atoms with E-state index < -0.39 is 26.0 Å². The fourth-order valence-corrected chi connectivity index (χ4v) is 6.27. The normalized spacial score (nSPS) is 20.9. The van der Waals surface area contributed by atoms with Crippen LogP contribution in [0.15, 0.2) is 42.0 Å². The molecule has 2 aromatic carbocycles. The molecular formula is C28H36NO9P. The number of carbonyl (C=O) groups is 1. The van der Waals surface area contributed by atoms with E-state index in [1.54, 1.807) is 38.1 Å². The average molecular weight is 562 g/mol. The Hall–Kier alpha value is -2.88. The Labute approximate surface area is 228 Å². The number of para-hydroxylation sites is 1. The Morgan fingerprint density at radius 2 is 2.00 bits per heavy atom. The van der Waals surface area contributed by atoms with Gasteiger partial charge in [-0.1, -0.05) is 29.8 Å². The number of carbonyl (C=O) groups excluding carboxylic acids is 1. The van der Waals surface area contributed by atoms with Crippen LogP contribution >= 0.6 is 7.60 Å². The highest BCUT2D eigenvalue weighted by atomic mass is 31.2. The molecule has 2 aromatic rings. The number of fused-ring (bicyclic) bond motifs is 1. The monoisotopic (exact) mass is 561 g/mol. The summed E-state index contributed by atoms with van der Waals surface area (Å²) >= 11 is 0. The largest absolute Gasteiger partial charge is 0.507 e. The molecule has 1 unspecified atom stereocenters.